The van der Waals surface area contributed by atoms with E-state index in [-0.39, 0.29) is 5.78 Å². The number of rotatable bonds is 3. The van der Waals surface area contributed by atoms with Crippen LogP contribution in [-0.2, 0) is 4.79 Å². The summed E-state index contributed by atoms with van der Waals surface area (Å²) in [4.78, 5) is 13.6. The van der Waals surface area contributed by atoms with Gasteiger partial charge in [0.05, 0.1) is 7.11 Å². The highest BCUT2D eigenvalue weighted by Gasteiger charge is 2.25. The van der Waals surface area contributed by atoms with Crippen molar-refractivity contribution in [3.63, 3.8) is 0 Å². The Bertz CT molecular complexity index is 656. The molecule has 1 aliphatic rings. The second-order valence-electron chi connectivity index (χ2n) is 5.32. The van der Waals surface area contributed by atoms with Crippen molar-refractivity contribution in [3.8, 4) is 5.75 Å². The molecule has 108 valence electrons. The van der Waals surface area contributed by atoms with E-state index in [0.717, 1.165) is 29.7 Å². The first-order valence-electron chi connectivity index (χ1n) is 7.17. The Kier molecular flexibility index (Phi) is 4.20. The van der Waals surface area contributed by atoms with E-state index in [2.05, 4.69) is 17.5 Å². The van der Waals surface area contributed by atoms with Gasteiger partial charge in [-0.05, 0) is 59.6 Å². The Morgan fingerprint density at radius 3 is 2.95 bits per heavy atom. The van der Waals surface area contributed by atoms with Crippen LogP contribution in [-0.4, -0.2) is 12.9 Å². The molecule has 1 aliphatic carbocycles. The minimum Gasteiger partial charge on any atom is -0.497 e. The van der Waals surface area contributed by atoms with Crippen LogP contribution in [0.5, 0.6) is 5.75 Å². The summed E-state index contributed by atoms with van der Waals surface area (Å²) in [6.45, 7) is 0. The molecule has 0 N–H and O–H groups in total. The summed E-state index contributed by atoms with van der Waals surface area (Å²) in [6.07, 6.45) is 4.48. The molecule has 1 saturated carbocycles. The summed E-state index contributed by atoms with van der Waals surface area (Å²) < 4.78 is 5.24. The Morgan fingerprint density at radius 1 is 1.29 bits per heavy atom. The molecule has 0 radical (unpaired) electrons. The van der Waals surface area contributed by atoms with Gasteiger partial charge >= 0.3 is 0 Å². The fourth-order valence-corrected chi connectivity index (χ4v) is 3.65. The van der Waals surface area contributed by atoms with Gasteiger partial charge in [-0.25, -0.2) is 0 Å². The molecule has 1 heterocycles. The second-order valence-corrected chi connectivity index (χ2v) is 6.30. The van der Waals surface area contributed by atoms with Crippen molar-refractivity contribution in [2.24, 2.45) is 0 Å². The predicted octanol–water partition coefficient (Wildman–Crippen LogP) is 4.68. The summed E-state index contributed by atoms with van der Waals surface area (Å²) in [5, 5.41) is 2.11. The zero-order valence-electron chi connectivity index (χ0n) is 12.0. The molecule has 3 heteroatoms. The lowest BCUT2D eigenvalue weighted by Gasteiger charge is -2.22. The van der Waals surface area contributed by atoms with E-state index in [4.69, 9.17) is 4.74 Å². The number of ketones is 1. The minimum absolute atomic E-state index is 0.283. The molecule has 1 fully saturated rings. The minimum atomic E-state index is 0.283. The van der Waals surface area contributed by atoms with Crippen molar-refractivity contribution in [2.75, 3.05) is 7.11 Å². The van der Waals surface area contributed by atoms with Crippen molar-refractivity contribution >= 4 is 23.2 Å². The van der Waals surface area contributed by atoms with Crippen LogP contribution in [0.1, 0.15) is 35.6 Å². The van der Waals surface area contributed by atoms with Crippen LogP contribution in [0.4, 0.5) is 0 Å². The van der Waals surface area contributed by atoms with E-state index in [9.17, 15) is 4.79 Å². The van der Waals surface area contributed by atoms with E-state index in [0.29, 0.717) is 12.3 Å². The van der Waals surface area contributed by atoms with Gasteiger partial charge in [-0.2, -0.15) is 0 Å². The van der Waals surface area contributed by atoms with Crippen molar-refractivity contribution < 1.29 is 9.53 Å². The second kappa shape index (κ2) is 6.27. The molecule has 1 aromatic carbocycles. The Hall–Kier alpha value is -1.87. The van der Waals surface area contributed by atoms with Crippen LogP contribution in [0.15, 0.2) is 47.4 Å². The molecule has 0 bridgehead atoms. The van der Waals surface area contributed by atoms with Gasteiger partial charge in [-0.1, -0.05) is 18.2 Å². The van der Waals surface area contributed by atoms with Crippen molar-refractivity contribution in [2.45, 2.75) is 25.2 Å². The maximum atomic E-state index is 12.2. The van der Waals surface area contributed by atoms with Crippen LogP contribution in [0, 0.1) is 0 Å². The lowest BCUT2D eigenvalue weighted by Crippen LogP contribution is -2.15. The molecule has 21 heavy (non-hydrogen) atoms. The number of allylic oxidation sites excluding steroid dienone is 1. The van der Waals surface area contributed by atoms with E-state index in [1.807, 2.05) is 30.3 Å². The van der Waals surface area contributed by atoms with Crippen LogP contribution in [0.3, 0.4) is 0 Å². The van der Waals surface area contributed by atoms with Crippen LogP contribution < -0.4 is 4.74 Å². The molecule has 0 amide bonds. The quantitative estimate of drug-likeness (QED) is 0.769. The summed E-state index contributed by atoms with van der Waals surface area (Å²) in [5.41, 5.74) is 1.97. The number of thiophene rings is 1. The van der Waals surface area contributed by atoms with E-state index < -0.39 is 0 Å². The summed E-state index contributed by atoms with van der Waals surface area (Å²) in [7, 11) is 1.66. The topological polar surface area (TPSA) is 26.3 Å². The molecule has 1 aromatic heterocycles. The van der Waals surface area contributed by atoms with Crippen LogP contribution in [0.25, 0.3) is 6.08 Å². The number of carbonyl (C=O) groups is 1. The molecule has 0 spiro atoms. The average molecular weight is 298 g/mol. The van der Waals surface area contributed by atoms with Crippen LogP contribution >= 0.6 is 11.3 Å². The number of hydrogen-bond donors (Lipinski definition) is 0. The maximum absolute atomic E-state index is 12.2. The van der Waals surface area contributed by atoms with Gasteiger partial charge in [0.25, 0.3) is 0 Å². The third kappa shape index (κ3) is 3.24. The molecular formula is C18H18O2S. The molecule has 0 saturated heterocycles. The normalized spacial score (nSPS) is 20.7. The zero-order valence-corrected chi connectivity index (χ0v) is 12.9. The Balaban J connectivity index is 1.84. The maximum Gasteiger partial charge on any atom is 0.158 e. The predicted molar refractivity (Wildman–Crippen MR) is 86.9 cm³/mol. The fourth-order valence-electron chi connectivity index (χ4n) is 2.79. The molecular weight excluding hydrogens is 280 g/mol. The molecule has 2 nitrogen and oxygen atoms in total. The number of hydrogen-bond acceptors (Lipinski definition) is 3. The molecule has 1 atom stereocenters. The number of Topliss-reactive ketones (excluding diaryl/α,β-unsaturated/α-hetero) is 1. The highest BCUT2D eigenvalue weighted by Crippen LogP contribution is 2.37. The molecule has 0 aliphatic heterocycles. The lowest BCUT2D eigenvalue weighted by molar-refractivity contribution is -0.116. The van der Waals surface area contributed by atoms with Gasteiger partial charge in [0.2, 0.25) is 0 Å². The van der Waals surface area contributed by atoms with Gasteiger partial charge in [-0.15, -0.1) is 11.3 Å². The Morgan fingerprint density at radius 2 is 2.19 bits per heavy atom. The van der Waals surface area contributed by atoms with Crippen molar-refractivity contribution in [3.05, 3.63) is 57.8 Å². The zero-order chi connectivity index (χ0) is 14.7. The summed E-state index contributed by atoms with van der Waals surface area (Å²) >= 11 is 1.79. The molecule has 1 unspecified atom stereocenters. The highest BCUT2D eigenvalue weighted by atomic mass is 32.1. The fraction of sp³-hybridized carbons (Fsp3) is 0.278. The smallest absolute Gasteiger partial charge is 0.158 e. The lowest BCUT2D eigenvalue weighted by atomic mass is 9.83. The third-order valence-corrected chi connectivity index (χ3v) is 4.96. The third-order valence-electron chi connectivity index (χ3n) is 3.92. The van der Waals surface area contributed by atoms with E-state index in [1.165, 1.54) is 4.88 Å². The summed E-state index contributed by atoms with van der Waals surface area (Å²) in [5.74, 6) is 1.59. The molecule has 3 rings (SSSR count). The number of benzene rings is 1. The number of carbonyl (C=O) groups excluding carboxylic acids is 1. The number of methoxy groups -OCH3 is 1. The van der Waals surface area contributed by atoms with E-state index in [1.54, 1.807) is 18.4 Å². The largest absolute Gasteiger partial charge is 0.497 e. The van der Waals surface area contributed by atoms with Crippen molar-refractivity contribution in [1.29, 1.82) is 0 Å². The van der Waals surface area contributed by atoms with Crippen molar-refractivity contribution in [1.82, 2.24) is 0 Å². The first-order valence-corrected chi connectivity index (χ1v) is 8.05. The Labute approximate surface area is 129 Å². The SMILES string of the molecule is COc1cccc(C=C2CC(c3cccs3)CCC2=O)c1. The monoisotopic (exact) mass is 298 g/mol. The van der Waals surface area contributed by atoms with Crippen LogP contribution in [0.2, 0.25) is 0 Å². The van der Waals surface area contributed by atoms with Gasteiger partial charge in [0.15, 0.2) is 5.78 Å². The first kappa shape index (κ1) is 14.1. The first-order chi connectivity index (χ1) is 10.3. The van der Waals surface area contributed by atoms with Gasteiger partial charge in [-0.3, -0.25) is 4.79 Å². The average Bonchev–Trinajstić information content (AvgIpc) is 3.04. The van der Waals surface area contributed by atoms with Gasteiger partial charge < -0.3 is 4.74 Å². The van der Waals surface area contributed by atoms with E-state index >= 15 is 0 Å². The number of ether oxygens (including phenoxy) is 1. The summed E-state index contributed by atoms with van der Waals surface area (Å²) in [6, 6.07) is 12.1. The van der Waals surface area contributed by atoms with Gasteiger partial charge in [0.1, 0.15) is 5.75 Å². The highest BCUT2D eigenvalue weighted by molar-refractivity contribution is 7.10. The van der Waals surface area contributed by atoms with Gasteiger partial charge in [0, 0.05) is 11.3 Å². The standard InChI is InChI=1S/C18H18O2S/c1-20-16-5-2-4-13(11-16)10-15-12-14(7-8-17(15)19)18-6-3-9-21-18/h2-6,9-11,14H,7-8,12H2,1H3. The molecule has 2 aromatic rings.